The minimum absolute atomic E-state index is 0.229. The van der Waals surface area contributed by atoms with Gasteiger partial charge in [-0.1, -0.05) is 23.7 Å². The summed E-state index contributed by atoms with van der Waals surface area (Å²) < 4.78 is 0. The highest BCUT2D eigenvalue weighted by Gasteiger charge is 2.17. The number of aliphatic hydroxyl groups excluding tert-OH is 1. The normalized spacial score (nSPS) is 12.0. The number of carbonyl (C=O) groups excluding carboxylic acids is 1. The first-order valence-electron chi connectivity index (χ1n) is 6.74. The van der Waals surface area contributed by atoms with Gasteiger partial charge in [-0.05, 0) is 24.6 Å². The van der Waals surface area contributed by atoms with Gasteiger partial charge in [-0.3, -0.25) is 9.59 Å². The zero-order valence-electron chi connectivity index (χ0n) is 12.0. The number of aryl methyl sites for hydroxylation is 1. The zero-order valence-corrected chi connectivity index (χ0v) is 12.7. The van der Waals surface area contributed by atoms with E-state index < -0.39 is 12.0 Å². The lowest BCUT2D eigenvalue weighted by molar-refractivity contribution is -0.129. The second-order valence-electron chi connectivity index (χ2n) is 4.82. The van der Waals surface area contributed by atoms with Gasteiger partial charge >= 0.3 is 0 Å². The van der Waals surface area contributed by atoms with E-state index in [1.165, 1.54) is 12.1 Å². The van der Waals surface area contributed by atoms with E-state index >= 15 is 0 Å². The highest BCUT2D eigenvalue weighted by molar-refractivity contribution is 6.30. The maximum atomic E-state index is 11.9. The van der Waals surface area contributed by atoms with Gasteiger partial charge < -0.3 is 15.4 Å². The molecule has 0 saturated heterocycles. The first-order valence-corrected chi connectivity index (χ1v) is 7.11. The Bertz CT molecular complexity index is 730. The van der Waals surface area contributed by atoms with E-state index in [1.54, 1.807) is 25.1 Å². The Labute approximate surface area is 132 Å². The van der Waals surface area contributed by atoms with Crippen LogP contribution in [0.1, 0.15) is 23.2 Å². The molecule has 0 aliphatic rings. The van der Waals surface area contributed by atoms with Crippen LogP contribution in [0.4, 0.5) is 0 Å². The van der Waals surface area contributed by atoms with Crippen LogP contribution in [-0.2, 0) is 11.2 Å². The van der Waals surface area contributed by atoms with Crippen molar-refractivity contribution in [1.29, 1.82) is 0 Å². The summed E-state index contributed by atoms with van der Waals surface area (Å²) in [6.45, 7) is 1.96. The van der Waals surface area contributed by atoms with Crippen molar-refractivity contribution < 1.29 is 9.90 Å². The minimum atomic E-state index is -1.28. The maximum Gasteiger partial charge on any atom is 0.253 e. The summed E-state index contributed by atoms with van der Waals surface area (Å²) in [5.41, 5.74) is 0.779. The van der Waals surface area contributed by atoms with E-state index in [9.17, 15) is 14.7 Å². The summed E-state index contributed by atoms with van der Waals surface area (Å²) >= 11 is 5.82. The van der Waals surface area contributed by atoms with Crippen LogP contribution in [-0.4, -0.2) is 27.5 Å². The lowest BCUT2D eigenvalue weighted by Crippen LogP contribution is -2.31. The number of amides is 1. The van der Waals surface area contributed by atoms with E-state index in [0.717, 1.165) is 0 Å². The molecule has 7 heteroatoms. The number of halogens is 1. The number of aromatic amines is 1. The van der Waals surface area contributed by atoms with Crippen molar-refractivity contribution in [3.63, 3.8) is 0 Å². The Morgan fingerprint density at radius 2 is 2.23 bits per heavy atom. The first-order chi connectivity index (χ1) is 10.5. The molecule has 1 heterocycles. The third-order valence-corrected chi connectivity index (χ3v) is 3.24. The highest BCUT2D eigenvalue weighted by atomic mass is 35.5. The van der Waals surface area contributed by atoms with E-state index in [0.29, 0.717) is 28.5 Å². The van der Waals surface area contributed by atoms with Gasteiger partial charge in [0, 0.05) is 29.7 Å². The third kappa shape index (κ3) is 4.41. The largest absolute Gasteiger partial charge is 0.378 e. The van der Waals surface area contributed by atoms with Crippen LogP contribution in [0.25, 0.3) is 0 Å². The molecule has 22 heavy (non-hydrogen) atoms. The molecule has 2 aromatic rings. The Morgan fingerprint density at radius 3 is 2.91 bits per heavy atom. The molecular weight excluding hydrogens is 306 g/mol. The van der Waals surface area contributed by atoms with Crippen LogP contribution in [0.5, 0.6) is 0 Å². The van der Waals surface area contributed by atoms with E-state index in [-0.39, 0.29) is 12.1 Å². The SMILES string of the molecule is Cc1nc(CCNC(=O)[C@@H](O)c2cccc(Cl)c2)cc(=O)[nH]1. The lowest BCUT2D eigenvalue weighted by Gasteiger charge is -2.12. The fourth-order valence-corrected chi connectivity index (χ4v) is 2.21. The minimum Gasteiger partial charge on any atom is -0.378 e. The van der Waals surface area contributed by atoms with Crippen LogP contribution in [0.2, 0.25) is 5.02 Å². The molecule has 0 fully saturated rings. The van der Waals surface area contributed by atoms with Crippen molar-refractivity contribution in [3.05, 3.63) is 62.8 Å². The lowest BCUT2D eigenvalue weighted by atomic mass is 10.1. The van der Waals surface area contributed by atoms with Crippen molar-refractivity contribution >= 4 is 17.5 Å². The quantitative estimate of drug-likeness (QED) is 0.769. The van der Waals surface area contributed by atoms with E-state index in [1.807, 2.05) is 0 Å². The van der Waals surface area contributed by atoms with Gasteiger partial charge in [-0.15, -0.1) is 0 Å². The molecule has 6 nitrogen and oxygen atoms in total. The third-order valence-electron chi connectivity index (χ3n) is 3.01. The average Bonchev–Trinajstić information content (AvgIpc) is 2.45. The molecular formula is C15H16ClN3O3. The number of carbonyl (C=O) groups is 1. The number of aliphatic hydroxyl groups is 1. The maximum absolute atomic E-state index is 11.9. The van der Waals surface area contributed by atoms with Crippen molar-refractivity contribution in [2.24, 2.45) is 0 Å². The van der Waals surface area contributed by atoms with Crippen molar-refractivity contribution in [2.75, 3.05) is 6.54 Å². The monoisotopic (exact) mass is 321 g/mol. The molecule has 1 amide bonds. The number of benzene rings is 1. The van der Waals surface area contributed by atoms with Gasteiger partial charge in [0.05, 0.1) is 0 Å². The molecule has 1 aromatic heterocycles. The number of hydrogen-bond donors (Lipinski definition) is 3. The van der Waals surface area contributed by atoms with Crippen LogP contribution >= 0.6 is 11.6 Å². The molecule has 1 aromatic carbocycles. The van der Waals surface area contributed by atoms with Crippen molar-refractivity contribution in [1.82, 2.24) is 15.3 Å². The highest BCUT2D eigenvalue weighted by Crippen LogP contribution is 2.17. The second kappa shape index (κ2) is 7.20. The van der Waals surface area contributed by atoms with E-state index in [2.05, 4.69) is 15.3 Å². The first kappa shape index (κ1) is 16.2. The number of H-pyrrole nitrogens is 1. The van der Waals surface area contributed by atoms with Crippen LogP contribution < -0.4 is 10.9 Å². The number of rotatable bonds is 5. The van der Waals surface area contributed by atoms with Crippen molar-refractivity contribution in [2.45, 2.75) is 19.4 Å². The number of nitrogens with one attached hydrogen (secondary N) is 2. The Hall–Kier alpha value is -2.18. The van der Waals surface area contributed by atoms with Crippen LogP contribution in [0.15, 0.2) is 35.1 Å². The van der Waals surface area contributed by atoms with Gasteiger partial charge in [0.1, 0.15) is 5.82 Å². The van der Waals surface area contributed by atoms with Crippen molar-refractivity contribution in [3.8, 4) is 0 Å². The predicted octanol–water partition coefficient (Wildman–Crippen LogP) is 1.12. The molecule has 0 bridgehead atoms. The molecule has 0 spiro atoms. The molecule has 3 N–H and O–H groups in total. The number of aromatic nitrogens is 2. The number of hydrogen-bond acceptors (Lipinski definition) is 4. The average molecular weight is 322 g/mol. The fourth-order valence-electron chi connectivity index (χ4n) is 2.01. The second-order valence-corrected chi connectivity index (χ2v) is 5.26. The predicted molar refractivity (Wildman–Crippen MR) is 82.7 cm³/mol. The molecule has 2 rings (SSSR count). The summed E-state index contributed by atoms with van der Waals surface area (Å²) in [6.07, 6.45) is -0.883. The molecule has 0 aliphatic carbocycles. The summed E-state index contributed by atoms with van der Waals surface area (Å²) in [5.74, 6) is -0.00313. The fraction of sp³-hybridized carbons (Fsp3) is 0.267. The zero-order chi connectivity index (χ0) is 16.1. The summed E-state index contributed by atoms with van der Waals surface area (Å²) in [5, 5.41) is 13.0. The molecule has 0 aliphatic heterocycles. The van der Waals surface area contributed by atoms with E-state index in [4.69, 9.17) is 11.6 Å². The summed E-state index contributed by atoms with van der Waals surface area (Å²) in [4.78, 5) is 29.9. The summed E-state index contributed by atoms with van der Waals surface area (Å²) in [7, 11) is 0. The molecule has 0 radical (unpaired) electrons. The van der Waals surface area contributed by atoms with Crippen LogP contribution in [0.3, 0.4) is 0 Å². The molecule has 0 unspecified atom stereocenters. The Balaban J connectivity index is 1.91. The Morgan fingerprint density at radius 1 is 1.45 bits per heavy atom. The van der Waals surface area contributed by atoms with Gasteiger partial charge in [-0.2, -0.15) is 0 Å². The molecule has 1 atom stereocenters. The van der Waals surface area contributed by atoms with Gasteiger partial charge in [0.25, 0.3) is 11.5 Å². The molecule has 0 saturated carbocycles. The smallest absolute Gasteiger partial charge is 0.253 e. The molecule has 116 valence electrons. The Kier molecular flexibility index (Phi) is 5.30. The topological polar surface area (TPSA) is 95.1 Å². The van der Waals surface area contributed by atoms with Gasteiger partial charge in [0.15, 0.2) is 6.10 Å². The van der Waals surface area contributed by atoms with Crippen LogP contribution in [0, 0.1) is 6.92 Å². The van der Waals surface area contributed by atoms with Gasteiger partial charge in [-0.25, -0.2) is 4.98 Å². The van der Waals surface area contributed by atoms with Gasteiger partial charge in [0.2, 0.25) is 0 Å². The number of nitrogens with zero attached hydrogens (tertiary/aromatic N) is 1. The summed E-state index contributed by atoms with van der Waals surface area (Å²) in [6, 6.07) is 7.87. The standard InChI is InChI=1S/C15H16ClN3O3/c1-9-18-12(8-13(20)19-9)5-6-17-15(22)14(21)10-3-2-4-11(16)7-10/h2-4,7-8,14,21H,5-6H2,1H3,(H,17,22)(H,18,19,20)/t14-/m0/s1.